The van der Waals surface area contributed by atoms with E-state index in [2.05, 4.69) is 9.80 Å². The van der Waals surface area contributed by atoms with Crippen LogP contribution in [-0.2, 0) is 27.3 Å². The van der Waals surface area contributed by atoms with Gasteiger partial charge in [-0.3, -0.25) is 19.3 Å². The molecule has 1 heterocycles. The number of rotatable bonds is 8. The number of amides is 1. The third-order valence-corrected chi connectivity index (χ3v) is 9.18. The SMILES string of the molecule is CC1=C(C(N)=O)C(=O)[C@@]2(O)C(=O)C3=C(O)c4c(O)ccc(-c5ccc(CN(C)CCN(C)C)o5)c4C[C@H]3C[C@H]2[C@@H]1N(C)C. The second kappa shape index (κ2) is 11.1. The van der Waals surface area contributed by atoms with Gasteiger partial charge in [0, 0.05) is 36.2 Å². The normalized spacial score (nSPS) is 25.5. The van der Waals surface area contributed by atoms with E-state index < -0.39 is 52.3 Å². The van der Waals surface area contributed by atoms with E-state index in [1.165, 1.54) is 6.07 Å². The average molecular weight is 593 g/mol. The van der Waals surface area contributed by atoms with Crippen LogP contribution >= 0.6 is 0 Å². The lowest BCUT2D eigenvalue weighted by Crippen LogP contribution is -2.66. The van der Waals surface area contributed by atoms with E-state index in [-0.39, 0.29) is 29.7 Å². The van der Waals surface area contributed by atoms with E-state index in [4.69, 9.17) is 10.2 Å². The van der Waals surface area contributed by atoms with Gasteiger partial charge < -0.3 is 35.3 Å². The summed E-state index contributed by atoms with van der Waals surface area (Å²) < 4.78 is 6.22. The molecule has 1 fully saturated rings. The Morgan fingerprint density at radius 2 is 1.74 bits per heavy atom. The summed E-state index contributed by atoms with van der Waals surface area (Å²) in [7, 11) is 9.54. The Hall–Kier alpha value is -3.77. The fourth-order valence-electron chi connectivity index (χ4n) is 7.19. The number of aliphatic hydroxyl groups excluding tert-OH is 1. The number of phenolic OH excluding ortho intramolecular Hbond substituents is 1. The van der Waals surface area contributed by atoms with Gasteiger partial charge in [-0.2, -0.15) is 0 Å². The molecule has 1 amide bonds. The molecule has 230 valence electrons. The summed E-state index contributed by atoms with van der Waals surface area (Å²) in [6.07, 6.45) is 0.434. The highest BCUT2D eigenvalue weighted by atomic mass is 16.3. The third kappa shape index (κ3) is 4.90. The second-order valence-corrected chi connectivity index (χ2v) is 12.6. The summed E-state index contributed by atoms with van der Waals surface area (Å²) in [5.74, 6) is -3.89. The topological polar surface area (TPSA) is 161 Å². The van der Waals surface area contributed by atoms with Gasteiger partial charge in [0.2, 0.25) is 11.6 Å². The molecule has 4 atom stereocenters. The molecule has 0 saturated heterocycles. The first-order valence-electron chi connectivity index (χ1n) is 14.4. The maximum Gasteiger partial charge on any atom is 0.252 e. The Kier molecular flexibility index (Phi) is 7.89. The van der Waals surface area contributed by atoms with Crippen molar-refractivity contribution in [2.45, 2.75) is 38.0 Å². The van der Waals surface area contributed by atoms with Gasteiger partial charge in [-0.1, -0.05) is 0 Å². The lowest BCUT2D eigenvalue weighted by molar-refractivity contribution is -0.160. The first kappa shape index (κ1) is 30.7. The monoisotopic (exact) mass is 592 g/mol. The van der Waals surface area contributed by atoms with Crippen LogP contribution in [0.2, 0.25) is 0 Å². The predicted octanol–water partition coefficient (Wildman–Crippen LogP) is 1.72. The minimum atomic E-state index is -2.59. The smallest absolute Gasteiger partial charge is 0.252 e. The number of carbonyl (C=O) groups excluding carboxylic acids is 3. The quantitative estimate of drug-likeness (QED) is 0.262. The molecule has 1 aromatic heterocycles. The molecular weight excluding hydrogens is 552 g/mol. The first-order valence-corrected chi connectivity index (χ1v) is 14.4. The highest BCUT2D eigenvalue weighted by Crippen LogP contribution is 2.53. The van der Waals surface area contributed by atoms with Crippen LogP contribution in [0, 0.1) is 11.8 Å². The van der Waals surface area contributed by atoms with Gasteiger partial charge in [0.1, 0.15) is 23.0 Å². The van der Waals surface area contributed by atoms with Gasteiger partial charge in [0.05, 0.1) is 17.7 Å². The molecule has 0 aliphatic heterocycles. The Balaban J connectivity index is 1.57. The Morgan fingerprint density at radius 1 is 1.05 bits per heavy atom. The number of primary amides is 1. The van der Waals surface area contributed by atoms with Crippen molar-refractivity contribution in [3.63, 3.8) is 0 Å². The fourth-order valence-corrected chi connectivity index (χ4v) is 7.19. The molecule has 2 aromatic rings. The maximum atomic E-state index is 14.1. The lowest BCUT2D eigenvalue weighted by atomic mass is 9.56. The van der Waals surface area contributed by atoms with Crippen LogP contribution in [0.25, 0.3) is 17.1 Å². The number of nitrogens with zero attached hydrogens (tertiary/aromatic N) is 3. The number of carbonyl (C=O) groups is 3. The second-order valence-electron chi connectivity index (χ2n) is 12.6. The summed E-state index contributed by atoms with van der Waals surface area (Å²) >= 11 is 0. The van der Waals surface area contributed by atoms with Crippen molar-refractivity contribution in [2.75, 3.05) is 48.3 Å². The van der Waals surface area contributed by atoms with Crippen LogP contribution in [0.4, 0.5) is 0 Å². The van der Waals surface area contributed by atoms with Crippen molar-refractivity contribution in [3.8, 4) is 17.1 Å². The molecule has 11 heteroatoms. The van der Waals surface area contributed by atoms with E-state index in [9.17, 15) is 29.7 Å². The zero-order valence-corrected chi connectivity index (χ0v) is 25.5. The third-order valence-electron chi connectivity index (χ3n) is 9.18. The molecule has 11 nitrogen and oxygen atoms in total. The number of aliphatic hydroxyl groups is 2. The molecule has 3 aliphatic carbocycles. The van der Waals surface area contributed by atoms with Crippen molar-refractivity contribution >= 4 is 23.2 Å². The van der Waals surface area contributed by atoms with Crippen LogP contribution in [-0.4, -0.2) is 107 Å². The summed E-state index contributed by atoms with van der Waals surface area (Å²) in [5.41, 5.74) is 4.17. The van der Waals surface area contributed by atoms with Crippen molar-refractivity contribution < 1.29 is 34.1 Å². The number of ketones is 2. The fraction of sp³-hybridized carbons (Fsp3) is 0.469. The number of benzene rings is 1. The largest absolute Gasteiger partial charge is 0.507 e. The van der Waals surface area contributed by atoms with Crippen molar-refractivity contribution in [1.29, 1.82) is 0 Å². The van der Waals surface area contributed by atoms with Crippen molar-refractivity contribution in [3.05, 3.63) is 57.9 Å². The van der Waals surface area contributed by atoms with Gasteiger partial charge >= 0.3 is 0 Å². The van der Waals surface area contributed by atoms with Gasteiger partial charge in [-0.25, -0.2) is 0 Å². The highest BCUT2D eigenvalue weighted by molar-refractivity contribution is 6.33. The van der Waals surface area contributed by atoms with Gasteiger partial charge in [-0.15, -0.1) is 0 Å². The predicted molar refractivity (Wildman–Crippen MR) is 160 cm³/mol. The molecule has 0 bridgehead atoms. The zero-order valence-electron chi connectivity index (χ0n) is 25.5. The van der Waals surface area contributed by atoms with Crippen LogP contribution in [0.5, 0.6) is 5.75 Å². The van der Waals surface area contributed by atoms with Gasteiger partial charge in [-0.05, 0) is 96.3 Å². The number of fused-ring (bicyclic) bond motifs is 3. The van der Waals surface area contributed by atoms with Crippen molar-refractivity contribution in [2.24, 2.45) is 17.6 Å². The Labute approximate surface area is 250 Å². The first-order chi connectivity index (χ1) is 20.2. The molecule has 3 aliphatic rings. The summed E-state index contributed by atoms with van der Waals surface area (Å²) in [4.78, 5) is 46.0. The number of likely N-dealkylation sites (N-methyl/N-ethyl adjacent to an activating group) is 3. The molecule has 5 N–H and O–H groups in total. The van der Waals surface area contributed by atoms with Gasteiger partial charge in [0.25, 0.3) is 5.91 Å². The van der Waals surface area contributed by atoms with E-state index in [1.54, 1.807) is 32.0 Å². The highest BCUT2D eigenvalue weighted by Gasteiger charge is 2.64. The van der Waals surface area contributed by atoms with E-state index in [1.807, 2.05) is 33.3 Å². The maximum absolute atomic E-state index is 14.1. The molecule has 5 rings (SSSR count). The molecule has 0 radical (unpaired) electrons. The number of furan rings is 1. The molecule has 1 saturated carbocycles. The van der Waals surface area contributed by atoms with Gasteiger partial charge in [0.15, 0.2) is 5.60 Å². The lowest BCUT2D eigenvalue weighted by Gasteiger charge is -2.51. The molecule has 0 spiro atoms. The zero-order chi connectivity index (χ0) is 31.5. The van der Waals surface area contributed by atoms with Crippen LogP contribution in [0.1, 0.15) is 30.2 Å². The number of nitrogens with two attached hydrogens (primary N) is 1. The minimum Gasteiger partial charge on any atom is -0.507 e. The minimum absolute atomic E-state index is 0.0643. The molecular formula is C32H40N4O7. The number of phenols is 1. The Morgan fingerprint density at radius 3 is 2.37 bits per heavy atom. The van der Waals surface area contributed by atoms with E-state index in [0.717, 1.165) is 18.8 Å². The Bertz CT molecular complexity index is 1570. The standard InChI is InChI=1S/C32H40N4O7/c1-16-24(31(33)41)29(39)32(42)21(27(16)35(4)5)14-17-13-20-19(8-9-22(37)26(20)28(38)25(17)30(32)40)23-10-7-18(43-23)15-36(6)12-11-34(2)3/h7-10,17,21,27,37-38,42H,11-15H2,1-6H3,(H2,33,41)/t17-,21-,27+,32+/m0/s1. The number of hydrogen-bond donors (Lipinski definition) is 4. The van der Waals surface area contributed by atoms with Crippen LogP contribution in [0.3, 0.4) is 0 Å². The van der Waals surface area contributed by atoms with E-state index in [0.29, 0.717) is 29.0 Å². The van der Waals surface area contributed by atoms with Crippen molar-refractivity contribution in [1.82, 2.24) is 14.7 Å². The van der Waals surface area contributed by atoms with Crippen LogP contribution in [0.15, 0.2) is 45.4 Å². The number of aromatic hydroxyl groups is 1. The van der Waals surface area contributed by atoms with E-state index >= 15 is 0 Å². The summed E-state index contributed by atoms with van der Waals surface area (Å²) in [5, 5.41) is 34.2. The average Bonchev–Trinajstić information content (AvgIpc) is 3.37. The molecule has 43 heavy (non-hydrogen) atoms. The summed E-state index contributed by atoms with van der Waals surface area (Å²) in [6, 6.07) is 6.27. The molecule has 1 aromatic carbocycles. The summed E-state index contributed by atoms with van der Waals surface area (Å²) in [6.45, 7) is 3.97. The van der Waals surface area contributed by atoms with Crippen LogP contribution < -0.4 is 5.73 Å². The number of hydrogen-bond acceptors (Lipinski definition) is 10. The number of Topliss-reactive ketones (excluding diaryl/α,β-unsaturated/α-hetero) is 2. The molecule has 0 unspecified atom stereocenters.